The zero-order valence-electron chi connectivity index (χ0n) is 9.18. The minimum absolute atomic E-state index is 0.0517. The van der Waals surface area contributed by atoms with E-state index in [4.69, 9.17) is 0 Å². The molecule has 1 heterocycles. The number of nitro groups is 1. The SMILES string of the molecule is Cc1ccc[c]c1Nc1ncccc1[N+](=O)[O-]. The number of pyridine rings is 1. The van der Waals surface area contributed by atoms with Crippen LogP contribution in [-0.2, 0) is 0 Å². The lowest BCUT2D eigenvalue weighted by atomic mass is 10.2. The van der Waals surface area contributed by atoms with Crippen molar-refractivity contribution >= 4 is 17.2 Å². The minimum Gasteiger partial charge on any atom is -0.334 e. The van der Waals surface area contributed by atoms with Gasteiger partial charge < -0.3 is 5.32 Å². The van der Waals surface area contributed by atoms with Gasteiger partial charge in [-0.2, -0.15) is 0 Å². The number of para-hydroxylation sites is 1. The number of nitrogens with one attached hydrogen (secondary N) is 1. The van der Waals surface area contributed by atoms with Gasteiger partial charge in [-0.15, -0.1) is 0 Å². The molecule has 5 heteroatoms. The summed E-state index contributed by atoms with van der Waals surface area (Å²) >= 11 is 0. The maximum Gasteiger partial charge on any atom is 0.311 e. The molecule has 5 nitrogen and oxygen atoms in total. The molecule has 0 fully saturated rings. The lowest BCUT2D eigenvalue weighted by Gasteiger charge is -2.07. The second-order valence-corrected chi connectivity index (χ2v) is 3.48. The van der Waals surface area contributed by atoms with Gasteiger partial charge in [0.15, 0.2) is 0 Å². The molecule has 0 spiro atoms. The van der Waals surface area contributed by atoms with Crippen LogP contribution in [0.5, 0.6) is 0 Å². The number of benzene rings is 1. The van der Waals surface area contributed by atoms with Crippen molar-refractivity contribution in [3.05, 3.63) is 58.3 Å². The van der Waals surface area contributed by atoms with Crippen LogP contribution in [-0.4, -0.2) is 9.91 Å². The van der Waals surface area contributed by atoms with Crippen molar-refractivity contribution in [2.75, 3.05) is 5.32 Å². The predicted octanol–water partition coefficient (Wildman–Crippen LogP) is 2.84. The van der Waals surface area contributed by atoms with E-state index in [1.54, 1.807) is 6.07 Å². The Bertz CT molecular complexity index is 555. The molecule has 0 aliphatic rings. The third-order valence-corrected chi connectivity index (χ3v) is 2.29. The Hall–Kier alpha value is -2.43. The van der Waals surface area contributed by atoms with Crippen molar-refractivity contribution in [3.63, 3.8) is 0 Å². The Labute approximate surface area is 98.3 Å². The molecule has 1 aromatic carbocycles. The average molecular weight is 228 g/mol. The third kappa shape index (κ3) is 2.39. The molecule has 2 rings (SSSR count). The Kier molecular flexibility index (Phi) is 3.00. The number of aryl methyl sites for hydroxylation is 1. The van der Waals surface area contributed by atoms with Gasteiger partial charge in [-0.3, -0.25) is 10.1 Å². The second-order valence-electron chi connectivity index (χ2n) is 3.48. The maximum atomic E-state index is 10.8. The molecule has 0 amide bonds. The Morgan fingerprint density at radius 1 is 1.41 bits per heavy atom. The summed E-state index contributed by atoms with van der Waals surface area (Å²) in [6, 6.07) is 11.4. The van der Waals surface area contributed by atoms with E-state index in [9.17, 15) is 10.1 Å². The van der Waals surface area contributed by atoms with Gasteiger partial charge in [0.05, 0.1) is 10.6 Å². The van der Waals surface area contributed by atoms with Crippen LogP contribution in [0.1, 0.15) is 5.56 Å². The van der Waals surface area contributed by atoms with Gasteiger partial charge in [-0.25, -0.2) is 4.98 Å². The van der Waals surface area contributed by atoms with Crippen LogP contribution in [0.3, 0.4) is 0 Å². The summed E-state index contributed by atoms with van der Waals surface area (Å²) in [6.07, 6.45) is 1.51. The molecule has 85 valence electrons. The first-order chi connectivity index (χ1) is 8.18. The first kappa shape index (κ1) is 11.1. The van der Waals surface area contributed by atoms with Crippen LogP contribution in [0.2, 0.25) is 0 Å². The number of anilines is 2. The van der Waals surface area contributed by atoms with E-state index in [0.717, 1.165) is 5.56 Å². The monoisotopic (exact) mass is 228 g/mol. The zero-order chi connectivity index (χ0) is 12.3. The predicted molar refractivity (Wildman–Crippen MR) is 64.2 cm³/mol. The summed E-state index contributed by atoms with van der Waals surface area (Å²) in [6.45, 7) is 1.90. The fourth-order valence-electron chi connectivity index (χ4n) is 1.41. The van der Waals surface area contributed by atoms with Crippen molar-refractivity contribution in [2.45, 2.75) is 6.92 Å². The van der Waals surface area contributed by atoms with E-state index in [-0.39, 0.29) is 11.5 Å². The summed E-state index contributed by atoms with van der Waals surface area (Å²) in [5.74, 6) is 0.225. The smallest absolute Gasteiger partial charge is 0.311 e. The topological polar surface area (TPSA) is 68.1 Å². The molecule has 2 aromatic rings. The van der Waals surface area contributed by atoms with E-state index < -0.39 is 4.92 Å². The second kappa shape index (κ2) is 4.61. The lowest BCUT2D eigenvalue weighted by molar-refractivity contribution is -0.384. The summed E-state index contributed by atoms with van der Waals surface area (Å²) in [5, 5.41) is 13.7. The number of rotatable bonds is 3. The standard InChI is InChI=1S/C12H10N3O2/c1-9-5-2-3-6-10(9)14-12-11(15(16)17)7-4-8-13-12/h2-5,7-8H,1H3,(H,13,14). The van der Waals surface area contributed by atoms with Gasteiger partial charge in [0, 0.05) is 18.3 Å². The highest BCUT2D eigenvalue weighted by Gasteiger charge is 2.14. The van der Waals surface area contributed by atoms with Crippen LogP contribution in [0, 0.1) is 23.1 Å². The van der Waals surface area contributed by atoms with Crippen molar-refractivity contribution < 1.29 is 4.92 Å². The van der Waals surface area contributed by atoms with Crippen LogP contribution < -0.4 is 5.32 Å². The molecule has 0 bridgehead atoms. The quantitative estimate of drug-likeness (QED) is 0.647. The van der Waals surface area contributed by atoms with Crippen LogP contribution >= 0.6 is 0 Å². The molecule has 0 saturated heterocycles. The van der Waals surface area contributed by atoms with E-state index in [1.165, 1.54) is 18.3 Å². The van der Waals surface area contributed by atoms with Crippen molar-refractivity contribution in [2.24, 2.45) is 0 Å². The summed E-state index contributed by atoms with van der Waals surface area (Å²) in [4.78, 5) is 14.3. The first-order valence-electron chi connectivity index (χ1n) is 5.02. The van der Waals surface area contributed by atoms with Gasteiger partial charge in [0.1, 0.15) is 0 Å². The molecule has 1 radical (unpaired) electrons. The minimum atomic E-state index is -0.465. The molecular weight excluding hydrogens is 218 g/mol. The molecule has 1 N–H and O–H groups in total. The number of aromatic nitrogens is 1. The van der Waals surface area contributed by atoms with Crippen LogP contribution in [0.15, 0.2) is 36.5 Å². The highest BCUT2D eigenvalue weighted by molar-refractivity contribution is 5.66. The van der Waals surface area contributed by atoms with Gasteiger partial charge >= 0.3 is 5.69 Å². The third-order valence-electron chi connectivity index (χ3n) is 2.29. The molecule has 0 saturated carbocycles. The van der Waals surface area contributed by atoms with E-state index in [2.05, 4.69) is 16.4 Å². The molecule has 0 atom stereocenters. The fraction of sp³-hybridized carbons (Fsp3) is 0.0833. The van der Waals surface area contributed by atoms with E-state index in [0.29, 0.717) is 5.69 Å². The normalized spacial score (nSPS) is 9.94. The van der Waals surface area contributed by atoms with Gasteiger partial charge in [0.2, 0.25) is 5.82 Å². The molecule has 0 aliphatic carbocycles. The van der Waals surface area contributed by atoms with E-state index >= 15 is 0 Å². The number of nitrogens with zero attached hydrogens (tertiary/aromatic N) is 2. The van der Waals surface area contributed by atoms with Gasteiger partial charge in [-0.1, -0.05) is 18.2 Å². The fourth-order valence-corrected chi connectivity index (χ4v) is 1.41. The Morgan fingerprint density at radius 3 is 2.94 bits per heavy atom. The van der Waals surface area contributed by atoms with Gasteiger partial charge in [-0.05, 0) is 18.6 Å². The maximum absolute atomic E-state index is 10.8. The van der Waals surface area contributed by atoms with Crippen molar-refractivity contribution in [1.29, 1.82) is 0 Å². The Morgan fingerprint density at radius 2 is 2.24 bits per heavy atom. The van der Waals surface area contributed by atoms with Gasteiger partial charge in [0.25, 0.3) is 0 Å². The number of hydrogen-bond acceptors (Lipinski definition) is 4. The molecular formula is C12H10N3O2. The largest absolute Gasteiger partial charge is 0.334 e. The highest BCUT2D eigenvalue weighted by Crippen LogP contribution is 2.25. The molecule has 1 aromatic heterocycles. The zero-order valence-corrected chi connectivity index (χ0v) is 9.18. The molecule has 0 unspecified atom stereocenters. The molecule has 17 heavy (non-hydrogen) atoms. The Balaban J connectivity index is 2.37. The van der Waals surface area contributed by atoms with Crippen LogP contribution in [0.4, 0.5) is 17.2 Å². The summed E-state index contributed by atoms with van der Waals surface area (Å²) < 4.78 is 0. The lowest BCUT2D eigenvalue weighted by Crippen LogP contribution is -2.00. The first-order valence-corrected chi connectivity index (χ1v) is 5.02. The van der Waals surface area contributed by atoms with Crippen molar-refractivity contribution in [3.8, 4) is 0 Å². The summed E-state index contributed by atoms with van der Waals surface area (Å²) in [5.41, 5.74) is 1.59. The van der Waals surface area contributed by atoms with Crippen molar-refractivity contribution in [1.82, 2.24) is 4.98 Å². The van der Waals surface area contributed by atoms with Crippen LogP contribution in [0.25, 0.3) is 0 Å². The van der Waals surface area contributed by atoms with E-state index in [1.807, 2.05) is 19.1 Å². The molecule has 0 aliphatic heterocycles. The number of hydrogen-bond donors (Lipinski definition) is 1. The summed E-state index contributed by atoms with van der Waals surface area (Å²) in [7, 11) is 0. The highest BCUT2D eigenvalue weighted by atomic mass is 16.6. The average Bonchev–Trinajstić information content (AvgIpc) is 2.32.